The van der Waals surface area contributed by atoms with Gasteiger partial charge in [0.1, 0.15) is 0 Å². The molecule has 2 heterocycles. The van der Waals surface area contributed by atoms with Crippen LogP contribution in [-0.2, 0) is 0 Å². The van der Waals surface area contributed by atoms with Gasteiger partial charge in [-0.3, -0.25) is 0 Å². The van der Waals surface area contributed by atoms with Crippen LogP contribution in [0.3, 0.4) is 0 Å². The number of benzene rings is 3. The number of nitrogens with zero attached hydrogens (tertiary/aromatic N) is 2. The van der Waals surface area contributed by atoms with E-state index in [0.717, 1.165) is 32.9 Å². The largest absolute Gasteiger partial charge is 0.227 e. The third-order valence-electron chi connectivity index (χ3n) is 4.30. The van der Waals surface area contributed by atoms with Gasteiger partial charge >= 0.3 is 0 Å². The van der Waals surface area contributed by atoms with Gasteiger partial charge in [0.2, 0.25) is 0 Å². The van der Waals surface area contributed by atoms with Crippen LogP contribution in [0.1, 0.15) is 0 Å². The highest BCUT2D eigenvalue weighted by molar-refractivity contribution is 7.22. The number of aromatic nitrogens is 2. The van der Waals surface area contributed by atoms with E-state index in [4.69, 9.17) is 9.97 Å². The first kappa shape index (κ1) is 14.3. The molecule has 5 rings (SSSR count). The van der Waals surface area contributed by atoms with E-state index in [-0.39, 0.29) is 0 Å². The summed E-state index contributed by atoms with van der Waals surface area (Å²) >= 11 is 1.74. The van der Waals surface area contributed by atoms with Gasteiger partial charge in [0, 0.05) is 15.6 Å². The van der Waals surface area contributed by atoms with Crippen molar-refractivity contribution in [1.29, 1.82) is 0 Å². The molecule has 0 saturated carbocycles. The molecular formula is C22H14N2S. The van der Waals surface area contributed by atoms with E-state index < -0.39 is 0 Å². The van der Waals surface area contributed by atoms with Gasteiger partial charge in [-0.05, 0) is 23.6 Å². The van der Waals surface area contributed by atoms with E-state index >= 15 is 0 Å². The van der Waals surface area contributed by atoms with E-state index in [9.17, 15) is 0 Å². The Morgan fingerprint density at radius 2 is 1.44 bits per heavy atom. The van der Waals surface area contributed by atoms with Crippen LogP contribution in [0.25, 0.3) is 42.9 Å². The molecule has 0 radical (unpaired) electrons. The summed E-state index contributed by atoms with van der Waals surface area (Å²) in [5, 5.41) is 2.32. The zero-order valence-corrected chi connectivity index (χ0v) is 14.2. The number of para-hydroxylation sites is 1. The van der Waals surface area contributed by atoms with Crippen LogP contribution in [0.2, 0.25) is 0 Å². The monoisotopic (exact) mass is 338 g/mol. The topological polar surface area (TPSA) is 25.8 Å². The predicted molar refractivity (Wildman–Crippen MR) is 106 cm³/mol. The number of thiophene rings is 1. The summed E-state index contributed by atoms with van der Waals surface area (Å²) in [5.41, 5.74) is 3.07. The van der Waals surface area contributed by atoms with Crippen molar-refractivity contribution in [2.24, 2.45) is 0 Å². The number of fused-ring (bicyclic) bond motifs is 2. The number of hydrogen-bond donors (Lipinski definition) is 0. The van der Waals surface area contributed by atoms with Crippen LogP contribution in [0.15, 0.2) is 84.9 Å². The molecule has 3 heteroatoms. The molecule has 0 bridgehead atoms. The summed E-state index contributed by atoms with van der Waals surface area (Å²) < 4.78 is 1.26. The van der Waals surface area contributed by atoms with Crippen molar-refractivity contribution >= 4 is 32.3 Å². The molecule has 25 heavy (non-hydrogen) atoms. The summed E-state index contributed by atoms with van der Waals surface area (Å²) in [5.74, 6) is 0.791. The maximum atomic E-state index is 4.94. The lowest BCUT2D eigenvalue weighted by atomic mass is 10.1. The summed E-state index contributed by atoms with van der Waals surface area (Å²) in [4.78, 5) is 10.9. The van der Waals surface area contributed by atoms with Crippen molar-refractivity contribution in [3.05, 3.63) is 84.9 Å². The lowest BCUT2D eigenvalue weighted by molar-refractivity contribution is 1.24. The van der Waals surface area contributed by atoms with Gasteiger partial charge in [-0.15, -0.1) is 11.3 Å². The Morgan fingerprint density at radius 1 is 0.680 bits per heavy atom. The third-order valence-corrected chi connectivity index (χ3v) is 5.41. The highest BCUT2D eigenvalue weighted by Crippen LogP contribution is 2.34. The van der Waals surface area contributed by atoms with Crippen LogP contribution in [0, 0.1) is 0 Å². The van der Waals surface area contributed by atoms with Crippen molar-refractivity contribution in [2.75, 3.05) is 0 Å². The molecule has 0 atom stereocenters. The minimum atomic E-state index is 0.791. The Hall–Kier alpha value is -3.04. The summed E-state index contributed by atoms with van der Waals surface area (Å²) in [6.07, 6.45) is 0. The fourth-order valence-electron chi connectivity index (χ4n) is 3.09. The molecule has 0 aliphatic carbocycles. The van der Waals surface area contributed by atoms with Crippen LogP contribution in [0.4, 0.5) is 0 Å². The van der Waals surface area contributed by atoms with Crippen molar-refractivity contribution < 1.29 is 0 Å². The van der Waals surface area contributed by atoms with Gasteiger partial charge in [0.05, 0.1) is 16.1 Å². The normalized spacial score (nSPS) is 11.2. The molecule has 0 N–H and O–H groups in total. The number of rotatable bonds is 2. The fourth-order valence-corrected chi connectivity index (χ4v) is 4.09. The van der Waals surface area contributed by atoms with Gasteiger partial charge in [0.25, 0.3) is 0 Å². The molecule has 118 valence electrons. The maximum absolute atomic E-state index is 4.94. The quantitative estimate of drug-likeness (QED) is 0.384. The molecule has 0 fully saturated rings. The molecule has 5 aromatic rings. The highest BCUT2D eigenvalue weighted by Gasteiger charge is 2.12. The van der Waals surface area contributed by atoms with E-state index in [1.165, 1.54) is 10.1 Å². The third kappa shape index (κ3) is 2.49. The summed E-state index contributed by atoms with van der Waals surface area (Å²) in [7, 11) is 0. The first-order chi connectivity index (χ1) is 12.4. The smallest absolute Gasteiger partial charge is 0.170 e. The minimum absolute atomic E-state index is 0.791. The van der Waals surface area contributed by atoms with Crippen molar-refractivity contribution in [1.82, 2.24) is 9.97 Å². The van der Waals surface area contributed by atoms with Gasteiger partial charge in [-0.1, -0.05) is 66.7 Å². The lowest BCUT2D eigenvalue weighted by Gasteiger charge is -2.08. The van der Waals surface area contributed by atoms with E-state index in [1.54, 1.807) is 11.3 Å². The predicted octanol–water partition coefficient (Wildman–Crippen LogP) is 6.18. The van der Waals surface area contributed by atoms with E-state index in [2.05, 4.69) is 54.6 Å². The van der Waals surface area contributed by atoms with Crippen LogP contribution in [-0.4, -0.2) is 9.97 Å². The Morgan fingerprint density at radius 3 is 2.32 bits per heavy atom. The SMILES string of the molecule is c1ccc(-c2nc(-c3cc4ccccc4s3)nc3ccccc23)cc1. The fraction of sp³-hybridized carbons (Fsp3) is 0. The minimum Gasteiger partial charge on any atom is -0.227 e. The maximum Gasteiger partial charge on any atom is 0.170 e. The molecule has 0 saturated heterocycles. The van der Waals surface area contributed by atoms with Crippen molar-refractivity contribution in [2.45, 2.75) is 0 Å². The summed E-state index contributed by atoms with van der Waals surface area (Å²) in [6, 6.07) is 29.1. The Bertz CT molecular complexity index is 1160. The number of hydrogen-bond acceptors (Lipinski definition) is 3. The average Bonchev–Trinajstić information content (AvgIpc) is 3.12. The molecule has 2 aromatic heterocycles. The van der Waals surface area contributed by atoms with Gasteiger partial charge in [-0.2, -0.15) is 0 Å². The second-order valence-corrected chi connectivity index (χ2v) is 7.01. The van der Waals surface area contributed by atoms with Gasteiger partial charge in [0.15, 0.2) is 5.82 Å². The molecule has 0 unspecified atom stereocenters. The van der Waals surface area contributed by atoms with E-state index in [1.807, 2.05) is 30.3 Å². The van der Waals surface area contributed by atoms with Gasteiger partial charge < -0.3 is 0 Å². The lowest BCUT2D eigenvalue weighted by Crippen LogP contribution is -1.93. The molecule has 0 spiro atoms. The molecule has 0 aliphatic rings. The van der Waals surface area contributed by atoms with Gasteiger partial charge in [-0.25, -0.2) is 9.97 Å². The van der Waals surface area contributed by atoms with Crippen LogP contribution in [0.5, 0.6) is 0 Å². The molecule has 3 aromatic carbocycles. The first-order valence-corrected chi connectivity index (χ1v) is 9.01. The van der Waals surface area contributed by atoms with Crippen LogP contribution < -0.4 is 0 Å². The highest BCUT2D eigenvalue weighted by atomic mass is 32.1. The Labute approximate surface area is 149 Å². The Balaban J connectivity index is 1.79. The molecule has 0 aliphatic heterocycles. The van der Waals surface area contributed by atoms with Crippen molar-refractivity contribution in [3.8, 4) is 22.0 Å². The second-order valence-electron chi connectivity index (χ2n) is 5.93. The average molecular weight is 338 g/mol. The standard InChI is InChI=1S/C22H14N2S/c1-2-8-15(9-3-1)21-17-11-5-6-12-18(17)23-22(24-21)20-14-16-10-4-7-13-19(16)25-20/h1-14H. The molecule has 0 amide bonds. The first-order valence-electron chi connectivity index (χ1n) is 8.20. The van der Waals surface area contributed by atoms with E-state index in [0.29, 0.717) is 0 Å². The molecule has 2 nitrogen and oxygen atoms in total. The zero-order valence-electron chi connectivity index (χ0n) is 13.4. The second kappa shape index (κ2) is 5.80. The summed E-state index contributed by atoms with van der Waals surface area (Å²) in [6.45, 7) is 0. The zero-order chi connectivity index (χ0) is 16.6. The molecular weight excluding hydrogens is 324 g/mol. The van der Waals surface area contributed by atoms with Crippen LogP contribution >= 0.6 is 11.3 Å². The van der Waals surface area contributed by atoms with Crippen molar-refractivity contribution in [3.63, 3.8) is 0 Å². The Kier molecular flexibility index (Phi) is 3.32.